The maximum atomic E-state index is 13.6. The number of halogens is 4. The number of nitrogens with one attached hydrogen (secondary N) is 2. The summed E-state index contributed by atoms with van der Waals surface area (Å²) < 4.78 is 40.7. The van der Waals surface area contributed by atoms with Crippen LogP contribution in [-0.2, 0) is 11.0 Å². The summed E-state index contributed by atoms with van der Waals surface area (Å²) in [6.45, 7) is 1.86. The first kappa shape index (κ1) is 24.9. The van der Waals surface area contributed by atoms with Gasteiger partial charge < -0.3 is 10.3 Å². The number of hydrogen-bond acceptors (Lipinski definition) is 4. The number of H-pyrrole nitrogens is 1. The molecule has 0 fully saturated rings. The third-order valence-corrected chi connectivity index (χ3v) is 7.02. The van der Waals surface area contributed by atoms with Crippen LogP contribution in [0.4, 0.5) is 18.9 Å². The van der Waals surface area contributed by atoms with E-state index in [2.05, 4.69) is 10.3 Å². The first-order valence-electron chi connectivity index (χ1n) is 11.0. The summed E-state index contributed by atoms with van der Waals surface area (Å²) in [5.41, 5.74) is 1.55. The van der Waals surface area contributed by atoms with Crippen LogP contribution in [-0.4, -0.2) is 26.2 Å². The zero-order chi connectivity index (χ0) is 26.3. The Morgan fingerprint density at radius 2 is 1.84 bits per heavy atom. The molecule has 0 aliphatic rings. The summed E-state index contributed by atoms with van der Waals surface area (Å²) in [5, 5.41) is 3.42. The van der Waals surface area contributed by atoms with Crippen LogP contribution in [0.1, 0.15) is 11.1 Å². The lowest BCUT2D eigenvalue weighted by molar-refractivity contribution is -0.137. The lowest BCUT2D eigenvalue weighted by Gasteiger charge is -2.14. The molecule has 1 amide bonds. The Morgan fingerprint density at radius 3 is 2.59 bits per heavy atom. The van der Waals surface area contributed by atoms with E-state index in [9.17, 15) is 22.8 Å². The molecule has 3 aromatic carbocycles. The third-order valence-electron chi connectivity index (χ3n) is 5.75. The number of para-hydroxylation sites is 2. The average molecular weight is 543 g/mol. The van der Waals surface area contributed by atoms with Crippen molar-refractivity contribution in [1.82, 2.24) is 14.5 Å². The summed E-state index contributed by atoms with van der Waals surface area (Å²) in [6.07, 6.45) is -4.58. The van der Waals surface area contributed by atoms with Crippen LogP contribution in [0.3, 0.4) is 0 Å². The van der Waals surface area contributed by atoms with Crippen molar-refractivity contribution in [3.63, 3.8) is 0 Å². The number of carbonyl (C=O) groups excluding carboxylic acids is 1. The van der Waals surface area contributed by atoms with Gasteiger partial charge in [-0.1, -0.05) is 59.8 Å². The molecule has 188 valence electrons. The number of aryl methyl sites for hydroxylation is 1. The number of benzene rings is 3. The highest BCUT2D eigenvalue weighted by molar-refractivity contribution is 7.99. The van der Waals surface area contributed by atoms with Gasteiger partial charge in [0.25, 0.3) is 5.56 Å². The number of anilines is 1. The molecule has 6 nitrogen and oxygen atoms in total. The van der Waals surface area contributed by atoms with E-state index in [-0.39, 0.29) is 27.2 Å². The largest absolute Gasteiger partial charge is 0.416 e. The molecular formula is C26H18ClF3N4O2S. The zero-order valence-corrected chi connectivity index (χ0v) is 20.8. The third kappa shape index (κ3) is 4.82. The van der Waals surface area contributed by atoms with Gasteiger partial charge in [0.2, 0.25) is 5.91 Å². The predicted octanol–water partition coefficient (Wildman–Crippen LogP) is 6.58. The van der Waals surface area contributed by atoms with Crippen molar-refractivity contribution < 1.29 is 18.0 Å². The molecule has 0 spiro atoms. The van der Waals surface area contributed by atoms with Crippen molar-refractivity contribution in [2.45, 2.75) is 18.3 Å². The molecule has 5 aromatic rings. The number of thioether (sulfide) groups is 1. The summed E-state index contributed by atoms with van der Waals surface area (Å²) in [5.74, 6) is -0.825. The van der Waals surface area contributed by atoms with Crippen molar-refractivity contribution in [2.75, 3.05) is 11.1 Å². The van der Waals surface area contributed by atoms with Crippen LogP contribution in [0.2, 0.25) is 5.02 Å². The van der Waals surface area contributed by atoms with Gasteiger partial charge >= 0.3 is 6.18 Å². The quantitative estimate of drug-likeness (QED) is 0.194. The lowest BCUT2D eigenvalue weighted by Crippen LogP contribution is -2.23. The van der Waals surface area contributed by atoms with E-state index in [4.69, 9.17) is 16.6 Å². The van der Waals surface area contributed by atoms with Crippen molar-refractivity contribution in [2.24, 2.45) is 0 Å². The van der Waals surface area contributed by atoms with Crippen molar-refractivity contribution in [1.29, 1.82) is 0 Å². The Bertz CT molecular complexity index is 1730. The molecule has 5 rings (SSSR count). The minimum atomic E-state index is -4.58. The molecule has 0 aliphatic heterocycles. The average Bonchev–Trinajstić information content (AvgIpc) is 3.23. The molecule has 0 saturated carbocycles. The fraction of sp³-hybridized carbons (Fsp3) is 0.115. The van der Waals surface area contributed by atoms with E-state index in [0.29, 0.717) is 16.7 Å². The Kier molecular flexibility index (Phi) is 6.47. The monoisotopic (exact) mass is 542 g/mol. The van der Waals surface area contributed by atoms with Gasteiger partial charge in [0.1, 0.15) is 11.0 Å². The fourth-order valence-corrected chi connectivity index (χ4v) is 4.94. The Labute approximate surface area is 217 Å². The number of rotatable bonds is 5. The highest BCUT2D eigenvalue weighted by atomic mass is 35.5. The molecule has 2 N–H and O–H groups in total. The van der Waals surface area contributed by atoms with Gasteiger partial charge in [0.15, 0.2) is 5.16 Å². The second-order valence-corrected chi connectivity index (χ2v) is 9.59. The van der Waals surface area contributed by atoms with Crippen LogP contribution < -0.4 is 10.9 Å². The van der Waals surface area contributed by atoms with Gasteiger partial charge in [0.05, 0.1) is 27.7 Å². The number of aromatic amines is 1. The fourth-order valence-electron chi connectivity index (χ4n) is 3.98. The minimum absolute atomic E-state index is 0.0264. The van der Waals surface area contributed by atoms with Crippen LogP contribution in [0, 0.1) is 6.92 Å². The number of aromatic nitrogens is 3. The smallest absolute Gasteiger partial charge is 0.349 e. The van der Waals surface area contributed by atoms with Gasteiger partial charge in [0, 0.05) is 10.9 Å². The standard InChI is InChI=1S/C26H18ClF3N4O2S/c1-14-6-2-5-9-20(14)34-24(36)23-22(16-7-3-4-8-18(16)32-23)33-25(34)37-13-21(35)31-19-12-15(26(28,29)30)10-11-17(19)27/h2-12,32H,13H2,1H3,(H,31,35). The van der Waals surface area contributed by atoms with Gasteiger partial charge in [-0.05, 0) is 42.8 Å². The van der Waals surface area contributed by atoms with Crippen molar-refractivity contribution in [3.8, 4) is 5.69 Å². The van der Waals surface area contributed by atoms with Gasteiger partial charge in [-0.25, -0.2) is 4.98 Å². The number of alkyl halides is 3. The number of amides is 1. The minimum Gasteiger partial charge on any atom is -0.349 e. The summed E-state index contributed by atoms with van der Waals surface area (Å²) in [6, 6.07) is 17.3. The maximum Gasteiger partial charge on any atom is 0.416 e. The second-order valence-electron chi connectivity index (χ2n) is 8.24. The van der Waals surface area contributed by atoms with Gasteiger partial charge in [-0.3, -0.25) is 14.2 Å². The van der Waals surface area contributed by atoms with Crippen molar-refractivity contribution in [3.05, 3.63) is 93.2 Å². The molecule has 2 heterocycles. The molecule has 11 heteroatoms. The molecule has 0 unspecified atom stereocenters. The van der Waals surface area contributed by atoms with Gasteiger partial charge in [-0.15, -0.1) is 0 Å². The van der Waals surface area contributed by atoms with E-state index in [0.717, 1.165) is 46.4 Å². The first-order chi connectivity index (χ1) is 17.6. The topological polar surface area (TPSA) is 79.8 Å². The molecule has 0 saturated heterocycles. The van der Waals surface area contributed by atoms with E-state index in [1.165, 1.54) is 4.57 Å². The summed E-state index contributed by atoms with van der Waals surface area (Å²) in [4.78, 5) is 34.2. The Balaban J connectivity index is 1.53. The number of carbonyl (C=O) groups is 1. The first-order valence-corrected chi connectivity index (χ1v) is 12.4. The van der Waals surface area contributed by atoms with E-state index in [1.807, 2.05) is 43.3 Å². The highest BCUT2D eigenvalue weighted by Gasteiger charge is 2.31. The predicted molar refractivity (Wildman–Crippen MR) is 140 cm³/mol. The van der Waals surface area contributed by atoms with Gasteiger partial charge in [-0.2, -0.15) is 13.2 Å². The molecule has 37 heavy (non-hydrogen) atoms. The van der Waals surface area contributed by atoms with Crippen LogP contribution in [0.15, 0.2) is 76.7 Å². The number of fused-ring (bicyclic) bond motifs is 3. The Morgan fingerprint density at radius 1 is 1.11 bits per heavy atom. The molecule has 0 atom stereocenters. The zero-order valence-electron chi connectivity index (χ0n) is 19.2. The summed E-state index contributed by atoms with van der Waals surface area (Å²) in [7, 11) is 0. The maximum absolute atomic E-state index is 13.6. The molecular weight excluding hydrogens is 525 g/mol. The number of nitrogens with zero attached hydrogens (tertiary/aromatic N) is 2. The number of hydrogen-bond donors (Lipinski definition) is 2. The SMILES string of the molecule is Cc1ccccc1-n1c(SCC(=O)Nc2cc(C(F)(F)F)ccc2Cl)nc2c([nH]c3ccccc32)c1=O. The van der Waals surface area contributed by atoms with E-state index < -0.39 is 17.6 Å². The summed E-state index contributed by atoms with van der Waals surface area (Å²) >= 11 is 7.00. The van der Waals surface area contributed by atoms with Crippen molar-refractivity contribution >= 4 is 56.9 Å². The molecule has 0 radical (unpaired) electrons. The van der Waals surface area contributed by atoms with Crippen LogP contribution in [0.5, 0.6) is 0 Å². The van der Waals surface area contributed by atoms with Crippen LogP contribution in [0.25, 0.3) is 27.6 Å². The highest BCUT2D eigenvalue weighted by Crippen LogP contribution is 2.34. The lowest BCUT2D eigenvalue weighted by atomic mass is 10.2. The molecule has 2 aromatic heterocycles. The van der Waals surface area contributed by atoms with E-state index >= 15 is 0 Å². The van der Waals surface area contributed by atoms with E-state index in [1.54, 1.807) is 12.1 Å². The molecule has 0 bridgehead atoms. The second kappa shape index (κ2) is 9.60. The molecule has 0 aliphatic carbocycles. The Hall–Kier alpha value is -3.76. The normalized spacial score (nSPS) is 11.8. The van der Waals surface area contributed by atoms with Crippen LogP contribution >= 0.6 is 23.4 Å².